The summed E-state index contributed by atoms with van der Waals surface area (Å²) in [7, 11) is 0. The summed E-state index contributed by atoms with van der Waals surface area (Å²) in [5, 5.41) is 3.09. The number of benzene rings is 1. The SMILES string of the molecule is Cc1ccc(C)c([C@@H](N2CCNCC2)C(F)(F)F)c1.Cl.Cl. The van der Waals surface area contributed by atoms with Crippen LogP contribution >= 0.6 is 24.8 Å². The molecule has 1 aromatic rings. The highest BCUT2D eigenvalue weighted by atomic mass is 35.5. The Balaban J connectivity index is 0.00000200. The van der Waals surface area contributed by atoms with Crippen LogP contribution in [-0.4, -0.2) is 37.3 Å². The number of nitrogens with one attached hydrogen (secondary N) is 1. The number of rotatable bonds is 2. The molecule has 1 N–H and O–H groups in total. The molecule has 1 fully saturated rings. The highest BCUT2D eigenvalue weighted by molar-refractivity contribution is 5.85. The number of halogens is 5. The third-order valence-corrected chi connectivity index (χ3v) is 3.56. The van der Waals surface area contributed by atoms with Crippen LogP contribution in [0.2, 0.25) is 0 Å². The van der Waals surface area contributed by atoms with E-state index in [0.717, 1.165) is 5.56 Å². The maximum absolute atomic E-state index is 13.4. The van der Waals surface area contributed by atoms with Gasteiger partial charge in [-0.15, -0.1) is 24.8 Å². The van der Waals surface area contributed by atoms with Crippen molar-refractivity contribution < 1.29 is 13.2 Å². The summed E-state index contributed by atoms with van der Waals surface area (Å²) in [4.78, 5) is 1.53. The Hall–Kier alpha value is -0.490. The molecular weight excluding hydrogens is 324 g/mol. The number of alkyl halides is 3. The average Bonchev–Trinajstić information content (AvgIpc) is 2.33. The molecule has 2 nitrogen and oxygen atoms in total. The smallest absolute Gasteiger partial charge is 0.314 e. The molecule has 0 radical (unpaired) electrons. The van der Waals surface area contributed by atoms with Gasteiger partial charge >= 0.3 is 6.18 Å². The van der Waals surface area contributed by atoms with Crippen LogP contribution in [0.15, 0.2) is 18.2 Å². The summed E-state index contributed by atoms with van der Waals surface area (Å²) < 4.78 is 40.3. The quantitative estimate of drug-likeness (QED) is 0.880. The van der Waals surface area contributed by atoms with Gasteiger partial charge in [-0.05, 0) is 25.0 Å². The van der Waals surface area contributed by atoms with E-state index in [9.17, 15) is 13.2 Å². The predicted octanol–water partition coefficient (Wildman–Crippen LogP) is 3.66. The maximum atomic E-state index is 13.4. The second-order valence-electron chi connectivity index (χ2n) is 5.09. The lowest BCUT2D eigenvalue weighted by Gasteiger charge is -2.37. The molecule has 1 aliphatic heterocycles. The van der Waals surface area contributed by atoms with Gasteiger partial charge in [-0.3, -0.25) is 4.90 Å². The van der Waals surface area contributed by atoms with E-state index in [0.29, 0.717) is 37.3 Å². The Labute approximate surface area is 135 Å². The fraction of sp³-hybridized carbons (Fsp3) is 0.571. The molecule has 7 heteroatoms. The van der Waals surface area contributed by atoms with Crippen LogP contribution in [0.25, 0.3) is 0 Å². The van der Waals surface area contributed by atoms with Crippen molar-refractivity contribution >= 4 is 24.8 Å². The Kier molecular flexibility index (Phi) is 8.03. The van der Waals surface area contributed by atoms with Gasteiger partial charge < -0.3 is 5.32 Å². The highest BCUT2D eigenvalue weighted by Crippen LogP contribution is 2.39. The average molecular weight is 345 g/mol. The number of hydrogen-bond donors (Lipinski definition) is 1. The van der Waals surface area contributed by atoms with E-state index in [-0.39, 0.29) is 24.8 Å². The van der Waals surface area contributed by atoms with Crippen LogP contribution in [0.4, 0.5) is 13.2 Å². The lowest BCUT2D eigenvalue weighted by Crippen LogP contribution is -2.49. The first-order valence-electron chi connectivity index (χ1n) is 6.48. The molecule has 0 saturated carbocycles. The van der Waals surface area contributed by atoms with Crippen molar-refractivity contribution in [1.29, 1.82) is 0 Å². The standard InChI is InChI=1S/C14H19F3N2.2ClH/c1-10-3-4-11(2)12(9-10)13(14(15,16)17)19-7-5-18-6-8-19;;/h3-4,9,13,18H,5-8H2,1-2H3;2*1H/t13-;;/m1../s1. The first-order chi connectivity index (χ1) is 8.89. The molecule has 0 amide bonds. The van der Waals surface area contributed by atoms with Crippen LogP contribution in [0.1, 0.15) is 22.7 Å². The van der Waals surface area contributed by atoms with Crippen LogP contribution in [0.5, 0.6) is 0 Å². The zero-order valence-electron chi connectivity index (χ0n) is 12.0. The maximum Gasteiger partial charge on any atom is 0.408 e. The van der Waals surface area contributed by atoms with Gasteiger partial charge in [-0.1, -0.05) is 23.8 Å². The summed E-state index contributed by atoms with van der Waals surface area (Å²) in [5.41, 5.74) is 1.95. The minimum atomic E-state index is -4.24. The largest absolute Gasteiger partial charge is 0.408 e. The van der Waals surface area contributed by atoms with Gasteiger partial charge in [0.1, 0.15) is 6.04 Å². The van der Waals surface area contributed by atoms with Gasteiger partial charge in [0, 0.05) is 26.2 Å². The molecule has 1 heterocycles. The lowest BCUT2D eigenvalue weighted by molar-refractivity contribution is -0.188. The van der Waals surface area contributed by atoms with E-state index < -0.39 is 12.2 Å². The molecule has 1 aromatic carbocycles. The third kappa shape index (κ3) is 5.02. The molecule has 1 saturated heterocycles. The lowest BCUT2D eigenvalue weighted by atomic mass is 9.97. The van der Waals surface area contributed by atoms with Crippen molar-refractivity contribution in [2.24, 2.45) is 0 Å². The van der Waals surface area contributed by atoms with Crippen molar-refractivity contribution in [3.63, 3.8) is 0 Å². The van der Waals surface area contributed by atoms with E-state index in [4.69, 9.17) is 0 Å². The molecule has 1 aliphatic rings. The minimum Gasteiger partial charge on any atom is -0.314 e. The van der Waals surface area contributed by atoms with E-state index in [1.165, 1.54) is 4.90 Å². The van der Waals surface area contributed by atoms with E-state index >= 15 is 0 Å². The molecule has 0 aromatic heterocycles. The van der Waals surface area contributed by atoms with Gasteiger partial charge in [0.2, 0.25) is 0 Å². The first kappa shape index (κ1) is 20.5. The van der Waals surface area contributed by atoms with Crippen LogP contribution in [0.3, 0.4) is 0 Å². The van der Waals surface area contributed by atoms with Crippen LogP contribution in [0, 0.1) is 13.8 Å². The normalized spacial score (nSPS) is 17.6. The molecule has 21 heavy (non-hydrogen) atoms. The van der Waals surface area contributed by atoms with Crippen molar-refractivity contribution in [2.45, 2.75) is 26.1 Å². The number of aryl methyl sites for hydroxylation is 2. The Morgan fingerprint density at radius 1 is 1.10 bits per heavy atom. The predicted molar refractivity (Wildman–Crippen MR) is 83.7 cm³/mol. The Morgan fingerprint density at radius 3 is 2.19 bits per heavy atom. The summed E-state index contributed by atoms with van der Waals surface area (Å²) >= 11 is 0. The minimum absolute atomic E-state index is 0. The second-order valence-corrected chi connectivity index (χ2v) is 5.09. The van der Waals surface area contributed by atoms with Crippen molar-refractivity contribution in [2.75, 3.05) is 26.2 Å². The Bertz CT molecular complexity index is 446. The van der Waals surface area contributed by atoms with Gasteiger partial charge in [0.15, 0.2) is 0 Å². The van der Waals surface area contributed by atoms with Crippen LogP contribution < -0.4 is 5.32 Å². The molecule has 2 rings (SSSR count). The fourth-order valence-electron chi connectivity index (χ4n) is 2.57. The third-order valence-electron chi connectivity index (χ3n) is 3.56. The number of piperazine rings is 1. The molecular formula is C14H21Cl2F3N2. The molecule has 1 atom stereocenters. The van der Waals surface area contributed by atoms with Gasteiger partial charge in [-0.25, -0.2) is 0 Å². The topological polar surface area (TPSA) is 15.3 Å². The van der Waals surface area contributed by atoms with Crippen molar-refractivity contribution in [1.82, 2.24) is 10.2 Å². The monoisotopic (exact) mass is 344 g/mol. The second kappa shape index (κ2) is 8.22. The molecule has 0 unspecified atom stereocenters. The zero-order valence-corrected chi connectivity index (χ0v) is 13.7. The van der Waals surface area contributed by atoms with Crippen molar-refractivity contribution in [3.8, 4) is 0 Å². The highest BCUT2D eigenvalue weighted by Gasteiger charge is 2.45. The summed E-state index contributed by atoms with van der Waals surface area (Å²) in [6.45, 7) is 5.65. The van der Waals surface area contributed by atoms with E-state index in [1.807, 2.05) is 13.0 Å². The molecule has 0 spiro atoms. The van der Waals surface area contributed by atoms with E-state index in [1.54, 1.807) is 19.1 Å². The van der Waals surface area contributed by atoms with Gasteiger partial charge in [-0.2, -0.15) is 13.2 Å². The molecule has 0 bridgehead atoms. The summed E-state index contributed by atoms with van der Waals surface area (Å²) in [6.07, 6.45) is -4.24. The number of hydrogen-bond acceptors (Lipinski definition) is 2. The fourth-order valence-corrected chi connectivity index (χ4v) is 2.57. The molecule has 122 valence electrons. The summed E-state index contributed by atoms with van der Waals surface area (Å²) in [5.74, 6) is 0. The van der Waals surface area contributed by atoms with E-state index in [2.05, 4.69) is 5.32 Å². The number of nitrogens with zero attached hydrogens (tertiary/aromatic N) is 1. The molecule has 0 aliphatic carbocycles. The van der Waals surface area contributed by atoms with Crippen molar-refractivity contribution in [3.05, 3.63) is 34.9 Å². The summed E-state index contributed by atoms with van der Waals surface area (Å²) in [6, 6.07) is 3.79. The van der Waals surface area contributed by atoms with Gasteiger partial charge in [0.05, 0.1) is 0 Å². The van der Waals surface area contributed by atoms with Crippen LogP contribution in [-0.2, 0) is 0 Å². The first-order valence-corrected chi connectivity index (χ1v) is 6.48. The van der Waals surface area contributed by atoms with Gasteiger partial charge in [0.25, 0.3) is 0 Å². The zero-order chi connectivity index (χ0) is 14.0. The Morgan fingerprint density at radius 2 is 1.67 bits per heavy atom.